The zero-order valence-electron chi connectivity index (χ0n) is 24.5. The van der Waals surface area contributed by atoms with Crippen LogP contribution in [-0.2, 0) is 22.5 Å². The number of nitrogens with zero attached hydrogens (tertiary/aromatic N) is 2. The lowest BCUT2D eigenvalue weighted by atomic mass is 9.99. The number of nitrogens with one attached hydrogen (secondary N) is 1. The summed E-state index contributed by atoms with van der Waals surface area (Å²) < 4.78 is 13.0. The molecule has 0 saturated carbocycles. The Morgan fingerprint density at radius 3 is 2.47 bits per heavy atom. The van der Waals surface area contributed by atoms with E-state index in [1.807, 2.05) is 60.8 Å². The number of aliphatic hydroxyl groups excluding tert-OH is 1. The lowest BCUT2D eigenvalue weighted by Crippen LogP contribution is -2.38. The molecule has 1 saturated heterocycles. The molecule has 0 bridgehead atoms. The Balaban J connectivity index is 1.32. The van der Waals surface area contributed by atoms with Crippen molar-refractivity contribution in [1.82, 2.24) is 9.88 Å². The lowest BCUT2D eigenvalue weighted by Gasteiger charge is -2.38. The Morgan fingerprint density at radius 2 is 1.72 bits per heavy atom. The van der Waals surface area contributed by atoms with Gasteiger partial charge in [0.05, 0.1) is 18.8 Å². The minimum atomic E-state index is -0.681. The average Bonchev–Trinajstić information content (AvgIpc) is 3.04. The first-order valence-corrected chi connectivity index (χ1v) is 14.5. The van der Waals surface area contributed by atoms with Crippen LogP contribution in [0.5, 0.6) is 0 Å². The molecule has 0 spiro atoms. The minimum absolute atomic E-state index is 0.0187. The molecular weight excluding hydrogens is 542 g/mol. The second-order valence-corrected chi connectivity index (χ2v) is 10.9. The van der Waals surface area contributed by atoms with E-state index in [9.17, 15) is 14.7 Å². The van der Waals surface area contributed by atoms with Gasteiger partial charge in [0, 0.05) is 60.2 Å². The fraction of sp³-hybridized carbons (Fsp3) is 0.286. The van der Waals surface area contributed by atoms with Crippen molar-refractivity contribution in [3.05, 3.63) is 131 Å². The molecule has 0 radical (unpaired) electrons. The number of likely N-dealkylation sites (N-methyl/N-ethyl adjacent to an activating group) is 1. The van der Waals surface area contributed by atoms with Gasteiger partial charge in [-0.15, -0.1) is 0 Å². The van der Waals surface area contributed by atoms with Crippen LogP contribution in [0.1, 0.15) is 68.8 Å². The Kier molecular flexibility index (Phi) is 10.1. The van der Waals surface area contributed by atoms with Crippen LogP contribution in [0.4, 0.5) is 5.69 Å². The van der Waals surface area contributed by atoms with E-state index in [1.54, 1.807) is 36.4 Å². The fourth-order valence-electron chi connectivity index (χ4n) is 5.17. The van der Waals surface area contributed by atoms with Crippen molar-refractivity contribution in [2.75, 3.05) is 25.5 Å². The number of Topliss-reactive ketones (excluding diaryl/α,β-unsaturated/α-hetero) is 1. The number of benzene rings is 3. The number of hydrogen-bond acceptors (Lipinski definition) is 7. The summed E-state index contributed by atoms with van der Waals surface area (Å²) >= 11 is 0. The van der Waals surface area contributed by atoms with E-state index in [4.69, 9.17) is 9.47 Å². The highest BCUT2D eigenvalue weighted by Gasteiger charge is 2.33. The van der Waals surface area contributed by atoms with E-state index in [-0.39, 0.29) is 30.5 Å². The molecule has 3 atom stereocenters. The van der Waals surface area contributed by atoms with Crippen molar-refractivity contribution < 1.29 is 24.2 Å². The van der Waals surface area contributed by atoms with Crippen LogP contribution in [0.3, 0.4) is 0 Å². The number of aliphatic hydroxyl groups is 1. The number of rotatable bonds is 11. The van der Waals surface area contributed by atoms with Crippen molar-refractivity contribution in [3.63, 3.8) is 0 Å². The molecule has 1 fully saturated rings. The van der Waals surface area contributed by atoms with Crippen molar-refractivity contribution in [2.45, 2.75) is 44.9 Å². The number of pyridine rings is 1. The van der Waals surface area contributed by atoms with E-state index >= 15 is 0 Å². The van der Waals surface area contributed by atoms with Crippen LogP contribution >= 0.6 is 0 Å². The largest absolute Gasteiger partial charge is 0.392 e. The third kappa shape index (κ3) is 8.21. The number of hydrogen-bond donors (Lipinski definition) is 2. The van der Waals surface area contributed by atoms with Gasteiger partial charge >= 0.3 is 0 Å². The van der Waals surface area contributed by atoms with E-state index in [2.05, 4.69) is 22.2 Å². The molecule has 3 unspecified atom stereocenters. The molecule has 3 aromatic carbocycles. The van der Waals surface area contributed by atoms with Gasteiger partial charge < -0.3 is 24.8 Å². The number of carbonyl (C=O) groups is 2. The predicted octanol–water partition coefficient (Wildman–Crippen LogP) is 5.75. The van der Waals surface area contributed by atoms with Crippen LogP contribution in [0.15, 0.2) is 97.2 Å². The highest BCUT2D eigenvalue weighted by atomic mass is 16.7. The lowest BCUT2D eigenvalue weighted by molar-refractivity contribution is -0.252. The summed E-state index contributed by atoms with van der Waals surface area (Å²) in [4.78, 5) is 31.6. The zero-order valence-corrected chi connectivity index (χ0v) is 24.5. The first-order chi connectivity index (χ1) is 20.9. The van der Waals surface area contributed by atoms with Crippen LogP contribution in [0, 0.1) is 0 Å². The van der Waals surface area contributed by atoms with E-state index in [0.29, 0.717) is 29.8 Å². The standard InChI is InChI=1S/C35H37N3O5/c1-24(40)27-7-6-11-31(20-27)37-34(41)28-8-5-9-29(19-28)35-42-32(22-38(2)18-16-30-10-3-4-17-36-30)21-33(43-35)26-14-12-25(23-39)13-15-26/h3-15,17,19-20,32-33,35,39H,16,18,21-23H2,1-2H3,(H,37,41). The summed E-state index contributed by atoms with van der Waals surface area (Å²) in [6.07, 6.45) is 2.28. The number of ketones is 1. The molecular formula is C35H37N3O5. The van der Waals surface area contributed by atoms with Gasteiger partial charge in [-0.1, -0.05) is 54.6 Å². The second-order valence-electron chi connectivity index (χ2n) is 10.9. The van der Waals surface area contributed by atoms with Gasteiger partial charge in [-0.25, -0.2) is 0 Å². The Bertz CT molecular complexity index is 1530. The van der Waals surface area contributed by atoms with Crippen molar-refractivity contribution in [2.24, 2.45) is 0 Å². The first-order valence-electron chi connectivity index (χ1n) is 14.5. The molecule has 222 valence electrons. The van der Waals surface area contributed by atoms with Gasteiger partial charge in [0.15, 0.2) is 12.1 Å². The summed E-state index contributed by atoms with van der Waals surface area (Å²) in [5.41, 5.74) is 5.17. The molecule has 0 aliphatic carbocycles. The Hall–Kier alpha value is -4.21. The quantitative estimate of drug-likeness (QED) is 0.218. The molecule has 1 aromatic heterocycles. The normalized spacial score (nSPS) is 18.4. The zero-order chi connectivity index (χ0) is 30.2. The fourth-order valence-corrected chi connectivity index (χ4v) is 5.17. The van der Waals surface area contributed by atoms with Crippen molar-refractivity contribution in [1.29, 1.82) is 0 Å². The second kappa shape index (κ2) is 14.3. The molecule has 4 aromatic rings. The molecule has 2 heterocycles. The maximum absolute atomic E-state index is 13.2. The van der Waals surface area contributed by atoms with Gasteiger partial charge in [0.25, 0.3) is 5.91 Å². The van der Waals surface area contributed by atoms with Crippen LogP contribution in [0.25, 0.3) is 0 Å². The average molecular weight is 580 g/mol. The number of carbonyl (C=O) groups excluding carboxylic acids is 2. The summed E-state index contributed by atoms with van der Waals surface area (Å²) in [6, 6.07) is 27.9. The summed E-state index contributed by atoms with van der Waals surface area (Å²) in [7, 11) is 2.08. The van der Waals surface area contributed by atoms with Gasteiger partial charge in [0.2, 0.25) is 0 Å². The minimum Gasteiger partial charge on any atom is -0.392 e. The van der Waals surface area contributed by atoms with Crippen LogP contribution in [0.2, 0.25) is 0 Å². The Morgan fingerprint density at radius 1 is 0.930 bits per heavy atom. The van der Waals surface area contributed by atoms with Crippen molar-refractivity contribution in [3.8, 4) is 0 Å². The summed E-state index contributed by atoms with van der Waals surface area (Å²) in [5, 5.41) is 12.4. The maximum atomic E-state index is 13.2. The van der Waals surface area contributed by atoms with Gasteiger partial charge in [-0.05, 0) is 61.5 Å². The SMILES string of the molecule is CC(=O)c1cccc(NC(=O)c2cccc(C3OC(CN(C)CCc4ccccn4)CC(c4ccc(CO)cc4)O3)c2)c1. The molecule has 1 amide bonds. The highest BCUT2D eigenvalue weighted by molar-refractivity contribution is 6.05. The molecule has 1 aliphatic heterocycles. The highest BCUT2D eigenvalue weighted by Crippen LogP contribution is 2.38. The van der Waals surface area contributed by atoms with E-state index in [0.717, 1.165) is 35.3 Å². The number of anilines is 1. The summed E-state index contributed by atoms with van der Waals surface area (Å²) in [6.45, 7) is 3.01. The molecule has 8 heteroatoms. The Labute approximate surface area is 252 Å². The van der Waals surface area contributed by atoms with Crippen LogP contribution in [-0.4, -0.2) is 52.9 Å². The van der Waals surface area contributed by atoms with Crippen LogP contribution < -0.4 is 5.32 Å². The molecule has 8 nitrogen and oxygen atoms in total. The number of ether oxygens (including phenoxy) is 2. The molecule has 1 aliphatic rings. The van der Waals surface area contributed by atoms with Gasteiger partial charge in [-0.2, -0.15) is 0 Å². The topological polar surface area (TPSA) is 101 Å². The first kappa shape index (κ1) is 30.3. The smallest absolute Gasteiger partial charge is 0.255 e. The summed E-state index contributed by atoms with van der Waals surface area (Å²) in [5.74, 6) is -0.359. The third-order valence-electron chi connectivity index (χ3n) is 7.55. The van der Waals surface area contributed by atoms with E-state index in [1.165, 1.54) is 6.92 Å². The predicted molar refractivity (Wildman–Crippen MR) is 165 cm³/mol. The van der Waals surface area contributed by atoms with E-state index < -0.39 is 6.29 Å². The molecule has 43 heavy (non-hydrogen) atoms. The molecule has 2 N–H and O–H groups in total. The number of aromatic nitrogens is 1. The maximum Gasteiger partial charge on any atom is 0.255 e. The van der Waals surface area contributed by atoms with Gasteiger partial charge in [0.1, 0.15) is 0 Å². The van der Waals surface area contributed by atoms with Crippen molar-refractivity contribution >= 4 is 17.4 Å². The molecule has 5 rings (SSSR count). The third-order valence-corrected chi connectivity index (χ3v) is 7.55. The monoisotopic (exact) mass is 579 g/mol. The number of amides is 1. The van der Waals surface area contributed by atoms with Gasteiger partial charge in [-0.3, -0.25) is 14.6 Å².